The number of nitrogens with zero attached hydrogens (tertiary/aromatic N) is 2. The van der Waals surface area contributed by atoms with E-state index in [1.807, 2.05) is 12.1 Å². The predicted molar refractivity (Wildman–Crippen MR) is 121 cm³/mol. The number of piperidine rings is 1. The first kappa shape index (κ1) is 21.0. The summed E-state index contributed by atoms with van der Waals surface area (Å²) in [6.07, 6.45) is 8.11. The van der Waals surface area contributed by atoms with Crippen molar-refractivity contribution in [1.29, 1.82) is 0 Å². The van der Waals surface area contributed by atoms with Gasteiger partial charge in [-0.2, -0.15) is 0 Å². The number of carbonyl (C=O) groups is 3. The van der Waals surface area contributed by atoms with Crippen molar-refractivity contribution in [2.24, 2.45) is 11.3 Å². The van der Waals surface area contributed by atoms with Crippen LogP contribution in [0.1, 0.15) is 73.9 Å². The van der Waals surface area contributed by atoms with Crippen LogP contribution in [0, 0.1) is 11.3 Å². The number of benzene rings is 1. The first-order valence-electron chi connectivity index (χ1n) is 11.7. The molecular weight excluding hydrogens is 404 g/mol. The maximum atomic E-state index is 12.9. The Morgan fingerprint density at radius 1 is 1.06 bits per heavy atom. The minimum Gasteiger partial charge on any atom is -0.363 e. The molecule has 7 nitrogen and oxygen atoms in total. The van der Waals surface area contributed by atoms with Crippen molar-refractivity contribution in [3.05, 3.63) is 41.1 Å². The van der Waals surface area contributed by atoms with Crippen LogP contribution in [0.4, 0.5) is 0 Å². The van der Waals surface area contributed by atoms with Crippen LogP contribution >= 0.6 is 0 Å². The van der Waals surface area contributed by atoms with Gasteiger partial charge >= 0.3 is 0 Å². The number of hydrogen-bond donors (Lipinski definition) is 2. The van der Waals surface area contributed by atoms with Crippen molar-refractivity contribution < 1.29 is 14.4 Å². The fourth-order valence-electron chi connectivity index (χ4n) is 5.67. The van der Waals surface area contributed by atoms with Crippen molar-refractivity contribution in [3.63, 3.8) is 0 Å². The lowest BCUT2D eigenvalue weighted by molar-refractivity contribution is -0.136. The molecule has 5 rings (SSSR count). The molecule has 0 spiro atoms. The molecule has 0 radical (unpaired) electrons. The molecule has 32 heavy (non-hydrogen) atoms. The van der Waals surface area contributed by atoms with E-state index in [0.29, 0.717) is 36.0 Å². The summed E-state index contributed by atoms with van der Waals surface area (Å²) in [4.78, 5) is 40.6. The summed E-state index contributed by atoms with van der Waals surface area (Å²) in [5.41, 5.74) is 4.18. The summed E-state index contributed by atoms with van der Waals surface area (Å²) in [6, 6.07) is 5.35. The van der Waals surface area contributed by atoms with Gasteiger partial charge in [0.2, 0.25) is 11.8 Å². The van der Waals surface area contributed by atoms with Crippen molar-refractivity contribution in [3.8, 4) is 0 Å². The zero-order valence-electron chi connectivity index (χ0n) is 19.1. The van der Waals surface area contributed by atoms with Crippen molar-refractivity contribution in [2.75, 3.05) is 7.05 Å². The maximum absolute atomic E-state index is 12.9. The molecule has 3 heterocycles. The fourth-order valence-corrected chi connectivity index (χ4v) is 5.67. The monoisotopic (exact) mass is 436 g/mol. The Bertz CT molecular complexity index is 1000. The standard InChI is InChI=1S/C25H32N4O3/c1-25(2)10-8-15(9-11-25)22-26-19(14-28(22)3)16-4-5-18-17(12-16)13-29(24(18)32)20-6-7-21(30)27-23(20)31/h4-5,12,14-15,20,22,26H,6-11,13H2,1-3H3,(H,27,30,31). The number of imide groups is 1. The Morgan fingerprint density at radius 3 is 2.53 bits per heavy atom. The smallest absolute Gasteiger partial charge is 0.255 e. The Morgan fingerprint density at radius 2 is 1.81 bits per heavy atom. The van der Waals surface area contributed by atoms with E-state index >= 15 is 0 Å². The van der Waals surface area contributed by atoms with E-state index in [1.54, 1.807) is 4.90 Å². The Balaban J connectivity index is 1.30. The number of amides is 3. The summed E-state index contributed by atoms with van der Waals surface area (Å²) < 4.78 is 0. The van der Waals surface area contributed by atoms with Gasteiger partial charge in [-0.1, -0.05) is 19.9 Å². The molecule has 2 unspecified atom stereocenters. The van der Waals surface area contributed by atoms with E-state index in [9.17, 15) is 14.4 Å². The quantitative estimate of drug-likeness (QED) is 0.712. The SMILES string of the molecule is CN1C=C(c2ccc3c(c2)CN(C2CCC(=O)NC2=O)C3=O)NC1C1CCC(C)(C)CC1. The van der Waals surface area contributed by atoms with Crippen LogP contribution in [0.5, 0.6) is 0 Å². The minimum absolute atomic E-state index is 0.130. The van der Waals surface area contributed by atoms with E-state index < -0.39 is 6.04 Å². The highest BCUT2D eigenvalue weighted by atomic mass is 16.2. The van der Waals surface area contributed by atoms with Gasteiger partial charge in [0.05, 0.1) is 5.70 Å². The Kier molecular flexibility index (Phi) is 5.02. The van der Waals surface area contributed by atoms with Gasteiger partial charge in [0.25, 0.3) is 5.91 Å². The fraction of sp³-hybridized carbons (Fsp3) is 0.560. The topological polar surface area (TPSA) is 81.8 Å². The molecule has 1 saturated carbocycles. The van der Waals surface area contributed by atoms with Gasteiger partial charge in [-0.15, -0.1) is 0 Å². The van der Waals surface area contributed by atoms with Gasteiger partial charge in [0.15, 0.2) is 0 Å². The molecule has 3 amide bonds. The second-order valence-electron chi connectivity index (χ2n) is 10.6. The molecule has 3 aliphatic heterocycles. The third-order valence-electron chi connectivity index (χ3n) is 7.74. The van der Waals surface area contributed by atoms with Crippen LogP contribution in [0.3, 0.4) is 0 Å². The summed E-state index contributed by atoms with van der Waals surface area (Å²) in [5, 5.41) is 6.09. The second kappa shape index (κ2) is 7.64. The third kappa shape index (κ3) is 3.67. The van der Waals surface area contributed by atoms with Gasteiger partial charge < -0.3 is 15.1 Å². The van der Waals surface area contributed by atoms with Crippen LogP contribution in [-0.4, -0.2) is 46.8 Å². The molecule has 2 atom stereocenters. The van der Waals surface area contributed by atoms with Crippen molar-refractivity contribution >= 4 is 23.4 Å². The summed E-state index contributed by atoms with van der Waals surface area (Å²) in [5.74, 6) is -0.143. The van der Waals surface area contributed by atoms with Crippen LogP contribution < -0.4 is 10.6 Å². The van der Waals surface area contributed by atoms with Crippen LogP contribution in [0.2, 0.25) is 0 Å². The lowest BCUT2D eigenvalue weighted by Gasteiger charge is -2.39. The Hall–Kier alpha value is -2.83. The number of fused-ring (bicyclic) bond motifs is 1. The van der Waals surface area contributed by atoms with Gasteiger partial charge in [-0.25, -0.2) is 0 Å². The number of rotatable bonds is 3. The lowest BCUT2D eigenvalue weighted by Crippen LogP contribution is -2.52. The van der Waals surface area contributed by atoms with E-state index in [-0.39, 0.29) is 24.1 Å². The van der Waals surface area contributed by atoms with Gasteiger partial charge in [-0.05, 0) is 66.7 Å². The lowest BCUT2D eigenvalue weighted by atomic mass is 9.72. The predicted octanol–water partition coefficient (Wildman–Crippen LogP) is 2.82. The molecule has 0 bridgehead atoms. The molecule has 1 aromatic rings. The van der Waals surface area contributed by atoms with Crippen molar-refractivity contribution in [1.82, 2.24) is 20.4 Å². The number of nitrogens with one attached hydrogen (secondary N) is 2. The van der Waals surface area contributed by atoms with E-state index in [4.69, 9.17) is 0 Å². The van der Waals surface area contributed by atoms with Gasteiger partial charge in [-0.3, -0.25) is 19.7 Å². The van der Waals surface area contributed by atoms with Gasteiger partial charge in [0, 0.05) is 31.8 Å². The highest BCUT2D eigenvalue weighted by Crippen LogP contribution is 2.41. The molecule has 170 valence electrons. The largest absolute Gasteiger partial charge is 0.363 e. The second-order valence-corrected chi connectivity index (χ2v) is 10.6. The molecule has 0 aromatic heterocycles. The average Bonchev–Trinajstić information content (AvgIpc) is 3.28. The maximum Gasteiger partial charge on any atom is 0.255 e. The highest BCUT2D eigenvalue weighted by molar-refractivity contribution is 6.05. The van der Waals surface area contributed by atoms with E-state index in [2.05, 4.69) is 48.7 Å². The molecule has 7 heteroatoms. The van der Waals surface area contributed by atoms with E-state index in [1.165, 1.54) is 25.7 Å². The Labute approximate surface area is 189 Å². The molecule has 1 saturated heterocycles. The average molecular weight is 437 g/mol. The first-order chi connectivity index (χ1) is 15.2. The molecule has 4 aliphatic rings. The minimum atomic E-state index is -0.578. The summed E-state index contributed by atoms with van der Waals surface area (Å²) >= 11 is 0. The first-order valence-corrected chi connectivity index (χ1v) is 11.7. The zero-order chi connectivity index (χ0) is 22.6. The van der Waals surface area contributed by atoms with Crippen LogP contribution in [-0.2, 0) is 16.1 Å². The molecular formula is C25H32N4O3. The third-order valence-corrected chi connectivity index (χ3v) is 7.74. The molecule has 1 aromatic carbocycles. The normalized spacial score (nSPS) is 27.8. The van der Waals surface area contributed by atoms with Crippen LogP contribution in [0.25, 0.3) is 5.70 Å². The molecule has 2 fully saturated rings. The zero-order valence-corrected chi connectivity index (χ0v) is 19.1. The number of hydrogen-bond acceptors (Lipinski definition) is 5. The van der Waals surface area contributed by atoms with Gasteiger partial charge in [0.1, 0.15) is 12.2 Å². The summed E-state index contributed by atoms with van der Waals surface area (Å²) in [7, 11) is 2.13. The van der Waals surface area contributed by atoms with Crippen LogP contribution in [0.15, 0.2) is 24.4 Å². The summed E-state index contributed by atoms with van der Waals surface area (Å²) in [6.45, 7) is 5.13. The number of carbonyl (C=O) groups excluding carboxylic acids is 3. The molecule has 2 N–H and O–H groups in total. The highest BCUT2D eigenvalue weighted by Gasteiger charge is 2.40. The molecule has 1 aliphatic carbocycles. The van der Waals surface area contributed by atoms with Crippen molar-refractivity contribution in [2.45, 2.75) is 71.1 Å². The van der Waals surface area contributed by atoms with E-state index in [0.717, 1.165) is 16.8 Å².